The van der Waals surface area contributed by atoms with Crippen LogP contribution >= 0.6 is 11.3 Å². The second kappa shape index (κ2) is 6.54. The summed E-state index contributed by atoms with van der Waals surface area (Å²) in [5.41, 5.74) is 1.46. The number of piperazine rings is 1. The standard InChI is InChI=1S/C16H29N3S/c1-6-8-14-9-17-16(5,7-2)11-19(14)10-15-18-12(3)13(4)20-15/h14,17H,6-11H2,1-5H3. The van der Waals surface area contributed by atoms with E-state index in [2.05, 4.69) is 44.8 Å². The minimum atomic E-state index is 0.256. The van der Waals surface area contributed by atoms with Crippen LogP contribution in [-0.4, -0.2) is 34.6 Å². The van der Waals surface area contributed by atoms with Gasteiger partial charge in [-0.3, -0.25) is 4.90 Å². The van der Waals surface area contributed by atoms with Gasteiger partial charge in [-0.25, -0.2) is 4.98 Å². The van der Waals surface area contributed by atoms with Crippen LogP contribution < -0.4 is 5.32 Å². The van der Waals surface area contributed by atoms with E-state index in [1.807, 2.05) is 11.3 Å². The van der Waals surface area contributed by atoms with Crippen LogP contribution in [-0.2, 0) is 6.54 Å². The molecule has 1 aliphatic heterocycles. The Hall–Kier alpha value is -0.450. The molecule has 1 aromatic rings. The largest absolute Gasteiger partial charge is 0.309 e. The van der Waals surface area contributed by atoms with Crippen LogP contribution in [0.3, 0.4) is 0 Å². The number of rotatable bonds is 5. The first-order chi connectivity index (χ1) is 9.47. The quantitative estimate of drug-likeness (QED) is 0.901. The number of thiazole rings is 1. The number of aromatic nitrogens is 1. The first-order valence-electron chi connectivity index (χ1n) is 7.89. The topological polar surface area (TPSA) is 28.2 Å². The van der Waals surface area contributed by atoms with Crippen molar-refractivity contribution in [1.29, 1.82) is 0 Å². The molecule has 0 saturated carbocycles. The molecule has 1 aromatic heterocycles. The van der Waals surface area contributed by atoms with Crippen LogP contribution in [0.25, 0.3) is 0 Å². The van der Waals surface area contributed by atoms with Crippen LogP contribution in [0.1, 0.15) is 55.6 Å². The fourth-order valence-corrected chi connectivity index (χ4v) is 3.91. The van der Waals surface area contributed by atoms with Crippen molar-refractivity contribution in [2.75, 3.05) is 13.1 Å². The molecular formula is C16H29N3S. The van der Waals surface area contributed by atoms with Gasteiger partial charge in [0.25, 0.3) is 0 Å². The Bertz CT molecular complexity index is 423. The maximum absolute atomic E-state index is 4.73. The minimum absolute atomic E-state index is 0.256. The Morgan fingerprint density at radius 3 is 2.70 bits per heavy atom. The smallest absolute Gasteiger partial charge is 0.107 e. The monoisotopic (exact) mass is 295 g/mol. The second-order valence-corrected chi connectivity index (χ2v) is 7.68. The van der Waals surface area contributed by atoms with Crippen LogP contribution in [0, 0.1) is 13.8 Å². The SMILES string of the molecule is CCCC1CNC(C)(CC)CN1Cc1nc(C)c(C)s1. The highest BCUT2D eigenvalue weighted by Gasteiger charge is 2.34. The van der Waals surface area contributed by atoms with E-state index < -0.39 is 0 Å². The first-order valence-corrected chi connectivity index (χ1v) is 8.71. The molecule has 4 heteroatoms. The van der Waals surface area contributed by atoms with Crippen molar-refractivity contribution in [1.82, 2.24) is 15.2 Å². The molecule has 0 amide bonds. The van der Waals surface area contributed by atoms with Crippen LogP contribution in [0.4, 0.5) is 0 Å². The fourth-order valence-electron chi connectivity index (χ4n) is 2.95. The maximum Gasteiger partial charge on any atom is 0.107 e. The summed E-state index contributed by atoms with van der Waals surface area (Å²) in [5, 5.41) is 5.03. The Morgan fingerprint density at radius 2 is 2.15 bits per heavy atom. The highest BCUT2D eigenvalue weighted by molar-refractivity contribution is 7.11. The lowest BCUT2D eigenvalue weighted by molar-refractivity contribution is 0.0725. The summed E-state index contributed by atoms with van der Waals surface area (Å²) in [4.78, 5) is 8.74. The van der Waals surface area contributed by atoms with Crippen molar-refractivity contribution < 1.29 is 0 Å². The van der Waals surface area contributed by atoms with Gasteiger partial charge in [0.05, 0.1) is 12.2 Å². The van der Waals surface area contributed by atoms with Crippen molar-refractivity contribution >= 4 is 11.3 Å². The Labute approximate surface area is 127 Å². The van der Waals surface area contributed by atoms with Crippen LogP contribution in [0.2, 0.25) is 0 Å². The summed E-state index contributed by atoms with van der Waals surface area (Å²) in [6, 6.07) is 0.657. The fraction of sp³-hybridized carbons (Fsp3) is 0.812. The molecule has 114 valence electrons. The minimum Gasteiger partial charge on any atom is -0.309 e. The van der Waals surface area contributed by atoms with Gasteiger partial charge in [-0.2, -0.15) is 0 Å². The molecule has 1 N–H and O–H groups in total. The molecule has 2 rings (SSSR count). The van der Waals surface area contributed by atoms with Gasteiger partial charge in [-0.05, 0) is 33.6 Å². The predicted octanol–water partition coefficient (Wildman–Crippen LogP) is 3.50. The van der Waals surface area contributed by atoms with E-state index in [-0.39, 0.29) is 5.54 Å². The van der Waals surface area contributed by atoms with Crippen LogP contribution in [0.5, 0.6) is 0 Å². The van der Waals surface area contributed by atoms with Gasteiger partial charge in [0.1, 0.15) is 5.01 Å². The molecule has 0 aromatic carbocycles. The van der Waals surface area contributed by atoms with E-state index in [1.165, 1.54) is 34.8 Å². The van der Waals surface area contributed by atoms with E-state index in [0.29, 0.717) is 6.04 Å². The number of hydrogen-bond acceptors (Lipinski definition) is 4. The van der Waals surface area contributed by atoms with E-state index in [1.54, 1.807) is 0 Å². The highest BCUT2D eigenvalue weighted by Crippen LogP contribution is 2.25. The zero-order valence-electron chi connectivity index (χ0n) is 13.6. The highest BCUT2D eigenvalue weighted by atomic mass is 32.1. The molecule has 1 aliphatic rings. The summed E-state index contributed by atoms with van der Waals surface area (Å²) in [5.74, 6) is 0. The molecule has 0 aliphatic carbocycles. The zero-order chi connectivity index (χ0) is 14.8. The Balaban J connectivity index is 2.10. The third kappa shape index (κ3) is 3.60. The molecule has 2 atom stereocenters. The number of nitrogens with one attached hydrogen (secondary N) is 1. The zero-order valence-corrected chi connectivity index (χ0v) is 14.4. The van der Waals surface area contributed by atoms with E-state index in [0.717, 1.165) is 19.6 Å². The van der Waals surface area contributed by atoms with Crippen molar-refractivity contribution in [3.05, 3.63) is 15.6 Å². The maximum atomic E-state index is 4.73. The summed E-state index contributed by atoms with van der Waals surface area (Å²) in [6.07, 6.45) is 3.70. The van der Waals surface area contributed by atoms with Gasteiger partial charge in [0.2, 0.25) is 0 Å². The number of aryl methyl sites for hydroxylation is 2. The van der Waals surface area contributed by atoms with Gasteiger partial charge in [-0.15, -0.1) is 11.3 Å². The molecule has 0 bridgehead atoms. The summed E-state index contributed by atoms with van der Waals surface area (Å²) >= 11 is 1.86. The summed E-state index contributed by atoms with van der Waals surface area (Å²) in [7, 11) is 0. The van der Waals surface area contributed by atoms with Crippen molar-refractivity contribution in [2.45, 2.75) is 72.0 Å². The molecule has 2 unspecified atom stereocenters. The van der Waals surface area contributed by atoms with Crippen molar-refractivity contribution in [3.63, 3.8) is 0 Å². The summed E-state index contributed by atoms with van der Waals surface area (Å²) < 4.78 is 0. The normalized spacial score (nSPS) is 27.9. The Morgan fingerprint density at radius 1 is 1.40 bits per heavy atom. The van der Waals surface area contributed by atoms with Gasteiger partial charge in [0, 0.05) is 29.5 Å². The first kappa shape index (κ1) is 15.9. The molecule has 3 nitrogen and oxygen atoms in total. The van der Waals surface area contributed by atoms with Gasteiger partial charge in [0.15, 0.2) is 0 Å². The van der Waals surface area contributed by atoms with Gasteiger partial charge < -0.3 is 5.32 Å². The molecule has 1 saturated heterocycles. The van der Waals surface area contributed by atoms with Gasteiger partial charge in [-0.1, -0.05) is 20.3 Å². The molecule has 20 heavy (non-hydrogen) atoms. The molecule has 2 heterocycles. The predicted molar refractivity (Wildman–Crippen MR) is 87.4 cm³/mol. The third-order valence-corrected chi connectivity index (χ3v) is 5.70. The van der Waals surface area contributed by atoms with Crippen LogP contribution in [0.15, 0.2) is 0 Å². The molecule has 1 fully saturated rings. The number of nitrogens with zero attached hydrogens (tertiary/aromatic N) is 2. The van der Waals surface area contributed by atoms with E-state index >= 15 is 0 Å². The Kier molecular flexibility index (Phi) is 5.21. The van der Waals surface area contributed by atoms with Crippen molar-refractivity contribution in [2.24, 2.45) is 0 Å². The second-order valence-electron chi connectivity index (χ2n) is 6.39. The number of hydrogen-bond donors (Lipinski definition) is 1. The average Bonchev–Trinajstić information content (AvgIpc) is 2.72. The van der Waals surface area contributed by atoms with Gasteiger partial charge >= 0.3 is 0 Å². The molecule has 0 spiro atoms. The molecular weight excluding hydrogens is 266 g/mol. The average molecular weight is 295 g/mol. The van der Waals surface area contributed by atoms with E-state index in [4.69, 9.17) is 4.98 Å². The molecule has 0 radical (unpaired) electrons. The van der Waals surface area contributed by atoms with Crippen molar-refractivity contribution in [3.8, 4) is 0 Å². The summed E-state index contributed by atoms with van der Waals surface area (Å²) in [6.45, 7) is 14.5. The lowest BCUT2D eigenvalue weighted by Crippen LogP contribution is -2.62. The lowest BCUT2D eigenvalue weighted by Gasteiger charge is -2.46. The lowest BCUT2D eigenvalue weighted by atomic mass is 9.92. The third-order valence-electron chi connectivity index (χ3n) is 4.65. The van der Waals surface area contributed by atoms with E-state index in [9.17, 15) is 0 Å².